The average Bonchev–Trinajstić information content (AvgIpc) is 3.20. The van der Waals surface area contributed by atoms with E-state index < -0.39 is 0 Å². The van der Waals surface area contributed by atoms with Crippen molar-refractivity contribution in [3.63, 3.8) is 0 Å². The van der Waals surface area contributed by atoms with E-state index in [-0.39, 0.29) is 11.8 Å². The summed E-state index contributed by atoms with van der Waals surface area (Å²) in [5.74, 6) is 0.445. The number of rotatable bonds is 3. The van der Waals surface area contributed by atoms with Crippen molar-refractivity contribution >= 4 is 17.3 Å². The smallest absolute Gasteiger partial charge is 0.228 e. The van der Waals surface area contributed by atoms with Crippen LogP contribution in [0.15, 0.2) is 48.8 Å². The minimum absolute atomic E-state index is 0.0428. The Labute approximate surface area is 111 Å². The summed E-state index contributed by atoms with van der Waals surface area (Å²) in [6.07, 6.45) is 4.07. The molecule has 1 aliphatic carbocycles. The van der Waals surface area contributed by atoms with Gasteiger partial charge in [-0.25, -0.2) is 0 Å². The third-order valence-electron chi connectivity index (χ3n) is 3.38. The van der Waals surface area contributed by atoms with Crippen LogP contribution in [0.4, 0.5) is 11.4 Å². The Bertz CT molecular complexity index is 597. The molecule has 0 aliphatic heterocycles. The first-order valence-corrected chi connectivity index (χ1v) is 6.30. The minimum Gasteiger partial charge on any atom is -0.397 e. The summed E-state index contributed by atoms with van der Waals surface area (Å²) >= 11 is 0. The molecular weight excluding hydrogens is 238 g/mol. The Morgan fingerprint density at radius 2 is 2.05 bits per heavy atom. The molecule has 0 radical (unpaired) electrons. The molecule has 0 unspecified atom stereocenters. The van der Waals surface area contributed by atoms with Gasteiger partial charge in [0.05, 0.1) is 17.6 Å². The van der Waals surface area contributed by atoms with E-state index in [1.807, 2.05) is 18.2 Å². The first kappa shape index (κ1) is 11.7. The van der Waals surface area contributed by atoms with Gasteiger partial charge in [-0.2, -0.15) is 0 Å². The Hall–Kier alpha value is -2.36. The predicted molar refractivity (Wildman–Crippen MR) is 74.6 cm³/mol. The van der Waals surface area contributed by atoms with Gasteiger partial charge in [0, 0.05) is 12.1 Å². The Morgan fingerprint density at radius 3 is 2.79 bits per heavy atom. The van der Waals surface area contributed by atoms with Gasteiger partial charge in [-0.05, 0) is 24.0 Å². The van der Waals surface area contributed by atoms with Crippen LogP contribution in [0, 0.1) is 5.92 Å². The number of hydrogen-bond acceptors (Lipinski definition) is 3. The summed E-state index contributed by atoms with van der Waals surface area (Å²) in [7, 11) is 0. The van der Waals surface area contributed by atoms with Crippen LogP contribution in [0.1, 0.15) is 17.9 Å². The first-order chi connectivity index (χ1) is 9.24. The third-order valence-corrected chi connectivity index (χ3v) is 3.38. The molecule has 2 atom stereocenters. The van der Waals surface area contributed by atoms with Gasteiger partial charge in [-0.1, -0.05) is 30.3 Å². The molecule has 1 amide bonds. The van der Waals surface area contributed by atoms with Gasteiger partial charge in [0.25, 0.3) is 0 Å². The Balaban J connectivity index is 1.64. The molecule has 4 nitrogen and oxygen atoms in total. The maximum absolute atomic E-state index is 12.1. The largest absolute Gasteiger partial charge is 0.397 e. The number of nitrogens with one attached hydrogen (secondary N) is 1. The van der Waals surface area contributed by atoms with Crippen LogP contribution in [0.5, 0.6) is 0 Å². The molecular formula is C15H15N3O. The Morgan fingerprint density at radius 1 is 1.26 bits per heavy atom. The SMILES string of the molecule is Nc1cncc(NC(=O)[C@H]2C[C@@H]2c2ccccc2)c1. The molecule has 1 fully saturated rings. The molecule has 4 heteroatoms. The fraction of sp³-hybridized carbons (Fsp3) is 0.200. The lowest BCUT2D eigenvalue weighted by Crippen LogP contribution is -2.14. The van der Waals surface area contributed by atoms with Crippen molar-refractivity contribution in [2.24, 2.45) is 5.92 Å². The van der Waals surface area contributed by atoms with Gasteiger partial charge in [-0.15, -0.1) is 0 Å². The molecule has 0 bridgehead atoms. The average molecular weight is 253 g/mol. The molecule has 0 spiro atoms. The van der Waals surface area contributed by atoms with Crippen LogP contribution in [0.25, 0.3) is 0 Å². The summed E-state index contributed by atoms with van der Waals surface area (Å²) in [5.41, 5.74) is 8.07. The van der Waals surface area contributed by atoms with Crippen LogP contribution < -0.4 is 11.1 Å². The molecule has 1 aromatic carbocycles. The molecule has 1 aromatic heterocycles. The lowest BCUT2D eigenvalue weighted by Gasteiger charge is -2.05. The van der Waals surface area contributed by atoms with Gasteiger partial charge < -0.3 is 11.1 Å². The number of benzene rings is 1. The number of pyridine rings is 1. The lowest BCUT2D eigenvalue weighted by atomic mass is 10.1. The van der Waals surface area contributed by atoms with E-state index in [1.54, 1.807) is 18.5 Å². The second kappa shape index (κ2) is 4.72. The summed E-state index contributed by atoms with van der Waals surface area (Å²) < 4.78 is 0. The van der Waals surface area contributed by atoms with Crippen molar-refractivity contribution in [1.82, 2.24) is 4.98 Å². The fourth-order valence-corrected chi connectivity index (χ4v) is 2.31. The van der Waals surface area contributed by atoms with E-state index >= 15 is 0 Å². The zero-order chi connectivity index (χ0) is 13.2. The highest BCUT2D eigenvalue weighted by atomic mass is 16.2. The number of nitrogen functional groups attached to an aromatic ring is 1. The predicted octanol–water partition coefficient (Wildman–Crippen LogP) is 2.41. The summed E-state index contributed by atoms with van der Waals surface area (Å²) in [4.78, 5) is 16.0. The first-order valence-electron chi connectivity index (χ1n) is 6.30. The minimum atomic E-state index is 0.0428. The molecule has 19 heavy (non-hydrogen) atoms. The quantitative estimate of drug-likeness (QED) is 0.882. The molecule has 1 aliphatic rings. The fourth-order valence-electron chi connectivity index (χ4n) is 2.31. The van der Waals surface area contributed by atoms with Crippen molar-refractivity contribution in [3.8, 4) is 0 Å². The Kier molecular flexibility index (Phi) is 2.91. The highest BCUT2D eigenvalue weighted by Gasteiger charge is 2.43. The van der Waals surface area contributed by atoms with Crippen LogP contribution in [0.2, 0.25) is 0 Å². The van der Waals surface area contributed by atoms with Crippen molar-refractivity contribution < 1.29 is 4.79 Å². The molecule has 1 saturated carbocycles. The van der Waals surface area contributed by atoms with Crippen LogP contribution in [-0.4, -0.2) is 10.9 Å². The summed E-state index contributed by atoms with van der Waals surface area (Å²) in [6, 6.07) is 11.8. The zero-order valence-corrected chi connectivity index (χ0v) is 10.4. The van der Waals surface area contributed by atoms with E-state index in [0.717, 1.165) is 6.42 Å². The molecule has 0 saturated heterocycles. The van der Waals surface area contributed by atoms with E-state index in [2.05, 4.69) is 22.4 Å². The number of carbonyl (C=O) groups excluding carboxylic acids is 1. The van der Waals surface area contributed by atoms with Crippen LogP contribution >= 0.6 is 0 Å². The topological polar surface area (TPSA) is 68.0 Å². The number of amides is 1. The molecule has 96 valence electrons. The normalized spacial score (nSPS) is 20.8. The van der Waals surface area contributed by atoms with Crippen LogP contribution in [-0.2, 0) is 4.79 Å². The third kappa shape index (κ3) is 2.57. The van der Waals surface area contributed by atoms with Gasteiger partial charge in [-0.3, -0.25) is 9.78 Å². The van der Waals surface area contributed by atoms with Gasteiger partial charge in [0.1, 0.15) is 0 Å². The number of aromatic nitrogens is 1. The van der Waals surface area contributed by atoms with Crippen molar-refractivity contribution in [3.05, 3.63) is 54.4 Å². The van der Waals surface area contributed by atoms with Gasteiger partial charge in [0.2, 0.25) is 5.91 Å². The van der Waals surface area contributed by atoms with Gasteiger partial charge in [0.15, 0.2) is 0 Å². The van der Waals surface area contributed by atoms with Crippen molar-refractivity contribution in [2.75, 3.05) is 11.1 Å². The second-order valence-electron chi connectivity index (χ2n) is 4.86. The van der Waals surface area contributed by atoms with E-state index in [1.165, 1.54) is 5.56 Å². The van der Waals surface area contributed by atoms with E-state index in [9.17, 15) is 4.79 Å². The second-order valence-corrected chi connectivity index (χ2v) is 4.86. The number of anilines is 2. The monoisotopic (exact) mass is 253 g/mol. The molecule has 3 N–H and O–H groups in total. The summed E-state index contributed by atoms with van der Waals surface area (Å²) in [5, 5.41) is 2.86. The highest BCUT2D eigenvalue weighted by molar-refractivity contribution is 5.95. The summed E-state index contributed by atoms with van der Waals surface area (Å²) in [6.45, 7) is 0. The van der Waals surface area contributed by atoms with E-state index in [4.69, 9.17) is 5.73 Å². The molecule has 2 aromatic rings. The molecule has 1 heterocycles. The number of nitrogens with zero attached hydrogens (tertiary/aromatic N) is 1. The lowest BCUT2D eigenvalue weighted by molar-refractivity contribution is -0.117. The van der Waals surface area contributed by atoms with Crippen LogP contribution in [0.3, 0.4) is 0 Å². The number of hydrogen-bond donors (Lipinski definition) is 2. The number of carbonyl (C=O) groups is 1. The number of nitrogens with two attached hydrogens (primary N) is 1. The maximum Gasteiger partial charge on any atom is 0.228 e. The van der Waals surface area contributed by atoms with Gasteiger partial charge >= 0.3 is 0 Å². The van der Waals surface area contributed by atoms with Crippen molar-refractivity contribution in [2.45, 2.75) is 12.3 Å². The molecule has 3 rings (SSSR count). The van der Waals surface area contributed by atoms with Crippen molar-refractivity contribution in [1.29, 1.82) is 0 Å². The highest BCUT2D eigenvalue weighted by Crippen LogP contribution is 2.47. The maximum atomic E-state index is 12.1. The standard InChI is InChI=1S/C15H15N3O/c16-11-6-12(9-17-8-11)18-15(19)14-7-13(14)10-4-2-1-3-5-10/h1-6,8-9,13-14H,7,16H2,(H,18,19)/t13-,14+/m1/s1. The van der Waals surface area contributed by atoms with E-state index in [0.29, 0.717) is 17.3 Å². The zero-order valence-electron chi connectivity index (χ0n) is 10.4.